The highest BCUT2D eigenvalue weighted by atomic mass is 127. The van der Waals surface area contributed by atoms with Crippen LogP contribution in [0.4, 0.5) is 0 Å². The van der Waals surface area contributed by atoms with Gasteiger partial charge in [0.05, 0.1) is 16.8 Å². The number of aromatic nitrogens is 1. The summed E-state index contributed by atoms with van der Waals surface area (Å²) in [5.74, 6) is 0.859. The zero-order valence-corrected chi connectivity index (χ0v) is 16.8. The maximum Gasteiger partial charge on any atom is 0.190 e. The molecule has 2 heterocycles. The van der Waals surface area contributed by atoms with Crippen molar-refractivity contribution in [3.63, 3.8) is 0 Å². The molecular weight excluding hydrogens is 411 g/mol. The van der Waals surface area contributed by atoms with Crippen LogP contribution in [0.25, 0.3) is 0 Å². The highest BCUT2D eigenvalue weighted by molar-refractivity contribution is 14.0. The van der Waals surface area contributed by atoms with Gasteiger partial charge in [-0.2, -0.15) is 0 Å². The number of aryl methyl sites for hydroxylation is 2. The highest BCUT2D eigenvalue weighted by Crippen LogP contribution is 2.16. The topological polar surface area (TPSA) is 58.5 Å². The Morgan fingerprint density at radius 2 is 2.14 bits per heavy atom. The molecule has 1 aliphatic heterocycles. The fraction of sp³-hybridized carbons (Fsp3) is 0.733. The molecule has 0 spiro atoms. The number of halogens is 1. The first-order valence-electron chi connectivity index (χ1n) is 7.68. The molecular formula is C15H27IN4OS. The number of guanidine groups is 1. The molecule has 7 heteroatoms. The Morgan fingerprint density at radius 3 is 2.73 bits per heavy atom. The summed E-state index contributed by atoms with van der Waals surface area (Å²) in [5, 5.41) is 7.87. The van der Waals surface area contributed by atoms with Gasteiger partial charge in [0.15, 0.2) is 5.96 Å². The lowest BCUT2D eigenvalue weighted by Crippen LogP contribution is -2.39. The maximum absolute atomic E-state index is 5.61. The van der Waals surface area contributed by atoms with Gasteiger partial charge in [-0.3, -0.25) is 4.99 Å². The van der Waals surface area contributed by atoms with E-state index in [0.717, 1.165) is 44.2 Å². The van der Waals surface area contributed by atoms with Gasteiger partial charge in [-0.25, -0.2) is 4.98 Å². The van der Waals surface area contributed by atoms with E-state index in [9.17, 15) is 0 Å². The third kappa shape index (κ3) is 6.37. The second-order valence-corrected chi connectivity index (χ2v) is 6.64. The molecule has 0 saturated carbocycles. The van der Waals surface area contributed by atoms with Gasteiger partial charge in [0.2, 0.25) is 0 Å². The first kappa shape index (κ1) is 19.6. The third-order valence-electron chi connectivity index (χ3n) is 3.71. The molecule has 0 aromatic carbocycles. The van der Waals surface area contributed by atoms with Crippen LogP contribution < -0.4 is 10.6 Å². The van der Waals surface area contributed by atoms with E-state index < -0.39 is 0 Å². The molecule has 0 amide bonds. The quantitative estimate of drug-likeness (QED) is 0.408. The molecule has 126 valence electrons. The van der Waals surface area contributed by atoms with Gasteiger partial charge < -0.3 is 15.4 Å². The molecule has 1 aliphatic rings. The van der Waals surface area contributed by atoms with Gasteiger partial charge in [0.1, 0.15) is 0 Å². The van der Waals surface area contributed by atoms with E-state index >= 15 is 0 Å². The summed E-state index contributed by atoms with van der Waals surface area (Å²) in [4.78, 5) is 10.1. The van der Waals surface area contributed by atoms with Crippen molar-refractivity contribution < 1.29 is 4.74 Å². The number of ether oxygens (including phenoxy) is 1. The average molecular weight is 438 g/mol. The smallest absolute Gasteiger partial charge is 0.190 e. The lowest BCUT2D eigenvalue weighted by molar-refractivity contribution is 0.105. The zero-order valence-electron chi connectivity index (χ0n) is 13.6. The minimum Gasteiger partial charge on any atom is -0.378 e. The number of hydrogen-bond donors (Lipinski definition) is 2. The van der Waals surface area contributed by atoms with Gasteiger partial charge >= 0.3 is 0 Å². The molecule has 1 fully saturated rings. The lowest BCUT2D eigenvalue weighted by atomic mass is 10.2. The Kier molecular flexibility index (Phi) is 9.27. The van der Waals surface area contributed by atoms with E-state index in [2.05, 4.69) is 34.5 Å². The van der Waals surface area contributed by atoms with Crippen LogP contribution in [0.3, 0.4) is 0 Å². The first-order chi connectivity index (χ1) is 10.2. The summed E-state index contributed by atoms with van der Waals surface area (Å²) >= 11 is 1.78. The molecule has 0 bridgehead atoms. The summed E-state index contributed by atoms with van der Waals surface area (Å²) in [6.45, 7) is 6.86. The van der Waals surface area contributed by atoms with E-state index in [1.54, 1.807) is 18.4 Å². The van der Waals surface area contributed by atoms with Crippen molar-refractivity contribution in [2.45, 2.75) is 45.6 Å². The standard InChI is InChI=1S/C15H26N4OS.HI/c1-11-12(2)21-14(19-11)7-9-18-15(16-3)17-8-6-13-5-4-10-20-13;/h13H,4-10H2,1-3H3,(H2,16,17,18);1H. The minimum absolute atomic E-state index is 0. The van der Waals surface area contributed by atoms with Crippen LogP contribution >= 0.6 is 35.3 Å². The molecule has 1 saturated heterocycles. The van der Waals surface area contributed by atoms with E-state index in [1.165, 1.54) is 22.7 Å². The molecule has 1 aromatic rings. The van der Waals surface area contributed by atoms with Crippen LogP contribution in [0.15, 0.2) is 4.99 Å². The molecule has 2 rings (SSSR count). The van der Waals surface area contributed by atoms with Crippen molar-refractivity contribution >= 4 is 41.3 Å². The SMILES string of the molecule is CN=C(NCCc1nc(C)c(C)s1)NCCC1CCCO1.I. The van der Waals surface area contributed by atoms with Crippen LogP contribution in [0, 0.1) is 13.8 Å². The average Bonchev–Trinajstić information content (AvgIpc) is 3.08. The third-order valence-corrected chi connectivity index (χ3v) is 4.84. The predicted octanol–water partition coefficient (Wildman–Crippen LogP) is 2.65. The van der Waals surface area contributed by atoms with Crippen molar-refractivity contribution in [3.05, 3.63) is 15.6 Å². The van der Waals surface area contributed by atoms with Gasteiger partial charge in [-0.1, -0.05) is 0 Å². The minimum atomic E-state index is 0. The normalized spacial score (nSPS) is 18.1. The molecule has 0 radical (unpaired) electrons. The Bertz CT molecular complexity index is 453. The molecule has 0 aliphatic carbocycles. The first-order valence-corrected chi connectivity index (χ1v) is 8.49. The molecule has 5 nitrogen and oxygen atoms in total. The van der Waals surface area contributed by atoms with Crippen LogP contribution in [0.1, 0.15) is 34.8 Å². The van der Waals surface area contributed by atoms with Crippen molar-refractivity contribution in [3.8, 4) is 0 Å². The maximum atomic E-state index is 5.61. The molecule has 2 N–H and O–H groups in total. The van der Waals surface area contributed by atoms with Crippen molar-refractivity contribution in [1.82, 2.24) is 15.6 Å². The van der Waals surface area contributed by atoms with E-state index in [1.807, 2.05) is 0 Å². The zero-order chi connectivity index (χ0) is 15.1. The van der Waals surface area contributed by atoms with Crippen LogP contribution in [0.2, 0.25) is 0 Å². The molecule has 1 unspecified atom stereocenters. The number of nitrogens with zero attached hydrogens (tertiary/aromatic N) is 2. The second kappa shape index (κ2) is 10.4. The van der Waals surface area contributed by atoms with Crippen LogP contribution in [-0.4, -0.2) is 43.8 Å². The van der Waals surface area contributed by atoms with Gasteiger partial charge in [-0.15, -0.1) is 35.3 Å². The van der Waals surface area contributed by atoms with Crippen LogP contribution in [0.5, 0.6) is 0 Å². The fourth-order valence-corrected chi connectivity index (χ4v) is 3.31. The number of rotatable bonds is 6. The van der Waals surface area contributed by atoms with Crippen molar-refractivity contribution in [1.29, 1.82) is 0 Å². The van der Waals surface area contributed by atoms with E-state index in [0.29, 0.717) is 6.10 Å². The highest BCUT2D eigenvalue weighted by Gasteiger charge is 2.14. The van der Waals surface area contributed by atoms with E-state index in [-0.39, 0.29) is 24.0 Å². The fourth-order valence-electron chi connectivity index (χ4n) is 2.38. The van der Waals surface area contributed by atoms with Crippen molar-refractivity contribution in [2.75, 3.05) is 26.7 Å². The van der Waals surface area contributed by atoms with Crippen LogP contribution in [-0.2, 0) is 11.2 Å². The molecule has 22 heavy (non-hydrogen) atoms. The van der Waals surface area contributed by atoms with Crippen molar-refractivity contribution in [2.24, 2.45) is 4.99 Å². The van der Waals surface area contributed by atoms with Gasteiger partial charge in [0, 0.05) is 38.0 Å². The summed E-state index contributed by atoms with van der Waals surface area (Å²) < 4.78 is 5.61. The predicted molar refractivity (Wildman–Crippen MR) is 104 cm³/mol. The molecule has 1 aromatic heterocycles. The van der Waals surface area contributed by atoms with Gasteiger partial charge in [-0.05, 0) is 33.1 Å². The Labute approximate surface area is 154 Å². The lowest BCUT2D eigenvalue weighted by Gasteiger charge is -2.13. The summed E-state index contributed by atoms with van der Waals surface area (Å²) in [7, 11) is 1.80. The largest absolute Gasteiger partial charge is 0.378 e. The summed E-state index contributed by atoms with van der Waals surface area (Å²) in [6, 6.07) is 0. The Hall–Kier alpha value is -0.410. The Morgan fingerprint density at radius 1 is 1.36 bits per heavy atom. The monoisotopic (exact) mass is 438 g/mol. The number of aliphatic imine (C=N–C) groups is 1. The van der Waals surface area contributed by atoms with Gasteiger partial charge in [0.25, 0.3) is 0 Å². The van der Waals surface area contributed by atoms with E-state index in [4.69, 9.17) is 4.74 Å². The number of hydrogen-bond acceptors (Lipinski definition) is 4. The second-order valence-electron chi connectivity index (χ2n) is 5.35. The number of thiazole rings is 1. The number of nitrogens with one attached hydrogen (secondary N) is 2. The Balaban J connectivity index is 0.00000242. The summed E-state index contributed by atoms with van der Waals surface area (Å²) in [5.41, 5.74) is 1.15. The summed E-state index contributed by atoms with van der Waals surface area (Å²) in [6.07, 6.45) is 4.80. The molecule has 1 atom stereocenters.